The molecule has 12 heavy (non-hydrogen) atoms. The summed E-state index contributed by atoms with van der Waals surface area (Å²) >= 11 is 0. The van der Waals surface area contributed by atoms with E-state index in [0.29, 0.717) is 0 Å². The number of nitrogens with zero attached hydrogens (tertiary/aromatic N) is 2. The van der Waals surface area contributed by atoms with E-state index in [1.807, 2.05) is 12.1 Å². The van der Waals surface area contributed by atoms with Crippen LogP contribution in [0.2, 0.25) is 0 Å². The largest absolute Gasteiger partial charge is 0.365 e. The minimum absolute atomic E-state index is 0.257. The maximum Gasteiger partial charge on any atom is 0.180 e. The first kappa shape index (κ1) is 8.99. The van der Waals surface area contributed by atoms with Crippen LogP contribution in [0, 0.1) is 28.6 Å². The molecule has 1 heterocycles. The van der Waals surface area contributed by atoms with Crippen LogP contribution in [-0.2, 0) is 4.74 Å². The van der Waals surface area contributed by atoms with Gasteiger partial charge >= 0.3 is 0 Å². The van der Waals surface area contributed by atoms with Gasteiger partial charge in [0, 0.05) is 6.42 Å². The van der Waals surface area contributed by atoms with Gasteiger partial charge in [0.25, 0.3) is 0 Å². The molecule has 3 unspecified atom stereocenters. The van der Waals surface area contributed by atoms with Gasteiger partial charge in [-0.3, -0.25) is 0 Å². The third kappa shape index (κ3) is 1.27. The molecule has 1 rings (SSSR count). The summed E-state index contributed by atoms with van der Waals surface area (Å²) in [6, 6.07) is 3.84. The Morgan fingerprint density at radius 2 is 2.08 bits per heavy atom. The average Bonchev–Trinajstić information content (AvgIpc) is 2.22. The molecular weight excluding hydrogens is 156 g/mol. The number of nitriles is 2. The highest BCUT2D eigenvalue weighted by atomic mass is 16.6. The second-order valence-corrected chi connectivity index (χ2v) is 3.39. The molecule has 1 N–H and O–H groups in total. The molecule has 3 atom stereocenters. The van der Waals surface area contributed by atoms with E-state index >= 15 is 0 Å². The number of rotatable bonds is 0. The van der Waals surface area contributed by atoms with E-state index < -0.39 is 17.3 Å². The molecule has 4 nitrogen and oxygen atoms in total. The van der Waals surface area contributed by atoms with Crippen molar-refractivity contribution in [2.45, 2.75) is 31.7 Å². The third-order valence-electron chi connectivity index (χ3n) is 2.06. The van der Waals surface area contributed by atoms with Crippen molar-refractivity contribution >= 4 is 0 Å². The molecule has 0 spiro atoms. The summed E-state index contributed by atoms with van der Waals surface area (Å²) in [4.78, 5) is 0. The Kier molecular flexibility index (Phi) is 1.83. The van der Waals surface area contributed by atoms with Crippen LogP contribution in [0.3, 0.4) is 0 Å². The minimum Gasteiger partial charge on any atom is -0.365 e. The predicted octanol–water partition coefficient (Wildman–Crippen LogP) is 0.537. The van der Waals surface area contributed by atoms with Crippen LogP contribution in [0.25, 0.3) is 0 Å². The summed E-state index contributed by atoms with van der Waals surface area (Å²) < 4.78 is 5.06. The second kappa shape index (κ2) is 2.45. The molecule has 1 aliphatic rings. The van der Waals surface area contributed by atoms with Gasteiger partial charge in [0.05, 0.1) is 12.1 Å². The van der Waals surface area contributed by atoms with Crippen molar-refractivity contribution in [1.82, 2.24) is 0 Å². The van der Waals surface area contributed by atoms with Crippen molar-refractivity contribution < 1.29 is 9.84 Å². The van der Waals surface area contributed by atoms with Gasteiger partial charge in [0.15, 0.2) is 11.4 Å². The first-order chi connectivity index (χ1) is 5.43. The van der Waals surface area contributed by atoms with Gasteiger partial charge in [0.1, 0.15) is 5.92 Å². The Hall–Kier alpha value is -1.10. The van der Waals surface area contributed by atoms with Gasteiger partial charge in [0.2, 0.25) is 0 Å². The zero-order valence-electron chi connectivity index (χ0n) is 7.03. The highest BCUT2D eigenvalue weighted by Gasteiger charge is 2.50. The number of ether oxygens (including phenoxy) is 1. The minimum atomic E-state index is -1.49. The van der Waals surface area contributed by atoms with Crippen LogP contribution in [0.15, 0.2) is 0 Å². The van der Waals surface area contributed by atoms with Crippen LogP contribution >= 0.6 is 0 Å². The van der Waals surface area contributed by atoms with Gasteiger partial charge in [-0.15, -0.1) is 0 Å². The average molecular weight is 166 g/mol. The molecule has 1 fully saturated rings. The summed E-state index contributed by atoms with van der Waals surface area (Å²) in [6.45, 7) is 2.97. The number of hydrogen-bond acceptors (Lipinski definition) is 4. The van der Waals surface area contributed by atoms with E-state index in [1.165, 1.54) is 6.92 Å². The highest BCUT2D eigenvalue weighted by molar-refractivity contribution is 5.11. The quantitative estimate of drug-likeness (QED) is 0.569. The lowest BCUT2D eigenvalue weighted by Crippen LogP contribution is -2.32. The van der Waals surface area contributed by atoms with Crippen LogP contribution in [0.1, 0.15) is 20.3 Å². The fraction of sp³-hybridized carbons (Fsp3) is 0.750. The Balaban J connectivity index is 2.90. The fourth-order valence-electron chi connectivity index (χ4n) is 1.38. The van der Waals surface area contributed by atoms with Crippen molar-refractivity contribution in [3.63, 3.8) is 0 Å². The lowest BCUT2D eigenvalue weighted by Gasteiger charge is -2.21. The second-order valence-electron chi connectivity index (χ2n) is 3.39. The molecule has 0 aromatic carbocycles. The van der Waals surface area contributed by atoms with Gasteiger partial charge in [-0.25, -0.2) is 0 Å². The lowest BCUT2D eigenvalue weighted by molar-refractivity contribution is -0.202. The summed E-state index contributed by atoms with van der Waals surface area (Å²) in [5, 5.41) is 26.8. The number of hydrogen-bond donors (Lipinski definition) is 1. The van der Waals surface area contributed by atoms with Crippen molar-refractivity contribution in [3.05, 3.63) is 0 Å². The Morgan fingerprint density at radius 3 is 2.33 bits per heavy atom. The normalized spacial score (nSPS) is 46.6. The van der Waals surface area contributed by atoms with E-state index in [1.54, 1.807) is 6.92 Å². The monoisotopic (exact) mass is 166 g/mol. The van der Waals surface area contributed by atoms with E-state index in [9.17, 15) is 5.11 Å². The van der Waals surface area contributed by atoms with Gasteiger partial charge in [-0.1, -0.05) is 0 Å². The van der Waals surface area contributed by atoms with Crippen molar-refractivity contribution in [2.24, 2.45) is 5.92 Å². The molecular formula is C8H10N2O2. The number of aliphatic hydroxyl groups is 1. The first-order valence-corrected chi connectivity index (χ1v) is 3.67. The lowest BCUT2D eigenvalue weighted by atomic mass is 9.94. The van der Waals surface area contributed by atoms with Crippen LogP contribution in [-0.4, -0.2) is 16.5 Å². The summed E-state index contributed by atoms with van der Waals surface area (Å²) in [5.74, 6) is -2.11. The molecule has 1 aliphatic heterocycles. The van der Waals surface area contributed by atoms with Crippen LogP contribution in [0.5, 0.6) is 0 Å². The third-order valence-corrected chi connectivity index (χ3v) is 2.06. The molecule has 0 bridgehead atoms. The first-order valence-electron chi connectivity index (χ1n) is 3.67. The molecule has 0 radical (unpaired) electrons. The summed E-state index contributed by atoms with van der Waals surface area (Å²) in [7, 11) is 0. The predicted molar refractivity (Wildman–Crippen MR) is 39.4 cm³/mol. The highest BCUT2D eigenvalue weighted by Crippen LogP contribution is 2.39. The van der Waals surface area contributed by atoms with Gasteiger partial charge < -0.3 is 9.84 Å². The van der Waals surface area contributed by atoms with Crippen LogP contribution < -0.4 is 0 Å². The Labute approximate surface area is 71.0 Å². The maximum absolute atomic E-state index is 9.53. The molecule has 0 aliphatic carbocycles. The Morgan fingerprint density at radius 1 is 1.50 bits per heavy atom. The zero-order chi connectivity index (χ0) is 9.41. The van der Waals surface area contributed by atoms with Gasteiger partial charge in [-0.2, -0.15) is 10.5 Å². The molecule has 1 saturated heterocycles. The Bertz CT molecular complexity index is 274. The van der Waals surface area contributed by atoms with E-state index in [0.717, 1.165) is 0 Å². The molecule has 64 valence electrons. The smallest absolute Gasteiger partial charge is 0.180 e. The molecule has 0 saturated carbocycles. The summed E-state index contributed by atoms with van der Waals surface area (Å²) in [6.07, 6.45) is 0.257. The summed E-state index contributed by atoms with van der Waals surface area (Å²) in [5.41, 5.74) is -1.02. The molecule has 4 heteroatoms. The molecule has 0 aromatic heterocycles. The van der Waals surface area contributed by atoms with Crippen molar-refractivity contribution in [3.8, 4) is 12.1 Å². The standard InChI is InChI=1S/C8H10N2O2/c1-7(5-10)3-6(4-9)8(2,11)12-7/h6,11H,3H2,1-2H3. The zero-order valence-corrected chi connectivity index (χ0v) is 7.03. The van der Waals surface area contributed by atoms with Gasteiger partial charge in [-0.05, 0) is 13.8 Å². The topological polar surface area (TPSA) is 77.0 Å². The van der Waals surface area contributed by atoms with E-state index in [4.69, 9.17) is 15.3 Å². The van der Waals surface area contributed by atoms with E-state index in [2.05, 4.69) is 0 Å². The fourth-order valence-corrected chi connectivity index (χ4v) is 1.38. The SMILES string of the molecule is CC1(C#N)CC(C#N)C(C)(O)O1. The molecule has 0 aromatic rings. The van der Waals surface area contributed by atoms with Crippen molar-refractivity contribution in [2.75, 3.05) is 0 Å². The van der Waals surface area contributed by atoms with Crippen molar-refractivity contribution in [1.29, 1.82) is 10.5 Å². The van der Waals surface area contributed by atoms with Crippen LogP contribution in [0.4, 0.5) is 0 Å². The molecule has 0 amide bonds. The maximum atomic E-state index is 9.53. The van der Waals surface area contributed by atoms with E-state index in [-0.39, 0.29) is 6.42 Å².